The minimum atomic E-state index is 0.584. The van der Waals surface area contributed by atoms with Crippen LogP contribution in [0.1, 0.15) is 27.7 Å². The smallest absolute Gasteiger partial charge is 0.0220 e. The van der Waals surface area contributed by atoms with E-state index in [1.54, 1.807) is 0 Å². The average Bonchev–Trinajstić information content (AvgIpc) is 2.00. The number of nitrogens with one attached hydrogen (secondary N) is 1. The van der Waals surface area contributed by atoms with Gasteiger partial charge in [-0.3, -0.25) is 0 Å². The van der Waals surface area contributed by atoms with Crippen LogP contribution in [0.25, 0.3) is 0 Å². The van der Waals surface area contributed by atoms with Gasteiger partial charge in [0.25, 0.3) is 0 Å². The summed E-state index contributed by atoms with van der Waals surface area (Å²) >= 11 is 0. The number of rotatable bonds is 6. The Morgan fingerprint density at radius 1 is 1.29 bits per heavy atom. The molecule has 0 radical (unpaired) electrons. The van der Waals surface area contributed by atoms with Crippen LogP contribution in [0.2, 0.25) is 0 Å². The van der Waals surface area contributed by atoms with Gasteiger partial charge in [0, 0.05) is 19.1 Å². The lowest BCUT2D eigenvalue weighted by Gasteiger charge is -2.25. The molecule has 0 amide bonds. The number of likely N-dealkylation sites (N-methyl/N-ethyl adjacent to an activating group) is 1. The molecule has 0 aromatic carbocycles. The molecule has 0 rings (SSSR count). The van der Waals surface area contributed by atoms with E-state index in [4.69, 9.17) is 0 Å². The summed E-state index contributed by atoms with van der Waals surface area (Å²) in [6.07, 6.45) is 2.24. The van der Waals surface area contributed by atoms with Crippen molar-refractivity contribution >= 4 is 0 Å². The van der Waals surface area contributed by atoms with Crippen LogP contribution in [-0.4, -0.2) is 38.1 Å². The van der Waals surface area contributed by atoms with Crippen molar-refractivity contribution in [1.29, 1.82) is 0 Å². The molecule has 84 valence electrons. The lowest BCUT2D eigenvalue weighted by atomic mass is 10.0. The molecule has 0 fully saturated rings. The Balaban J connectivity index is 3.91. The number of allylic oxidation sites excluding steroid dienone is 1. The fraction of sp³-hybridized carbons (Fsp3) is 0.833. The van der Waals surface area contributed by atoms with E-state index < -0.39 is 0 Å². The minimum absolute atomic E-state index is 0.584. The zero-order valence-electron chi connectivity index (χ0n) is 10.6. The normalized spacial score (nSPS) is 13.4. The van der Waals surface area contributed by atoms with Gasteiger partial charge >= 0.3 is 0 Å². The van der Waals surface area contributed by atoms with Crippen molar-refractivity contribution in [1.82, 2.24) is 10.2 Å². The van der Waals surface area contributed by atoms with Gasteiger partial charge < -0.3 is 10.2 Å². The molecule has 0 heterocycles. The van der Waals surface area contributed by atoms with Gasteiger partial charge in [0.1, 0.15) is 0 Å². The van der Waals surface area contributed by atoms with E-state index in [1.807, 2.05) is 0 Å². The van der Waals surface area contributed by atoms with Gasteiger partial charge in [0.15, 0.2) is 0 Å². The first-order valence-electron chi connectivity index (χ1n) is 5.45. The second kappa shape index (κ2) is 7.02. The van der Waals surface area contributed by atoms with Crippen LogP contribution < -0.4 is 5.32 Å². The predicted octanol–water partition coefficient (Wildman–Crippen LogP) is 2.13. The minimum Gasteiger partial charge on any atom is -0.309 e. The summed E-state index contributed by atoms with van der Waals surface area (Å²) in [6.45, 7) is 10.9. The highest BCUT2D eigenvalue weighted by molar-refractivity contribution is 4.95. The molecule has 1 atom stereocenters. The number of nitrogens with zero attached hydrogens (tertiary/aromatic N) is 1. The zero-order chi connectivity index (χ0) is 11.1. The van der Waals surface area contributed by atoms with E-state index in [0.717, 1.165) is 13.1 Å². The molecule has 0 aliphatic heterocycles. The molecule has 14 heavy (non-hydrogen) atoms. The first-order chi connectivity index (χ1) is 6.43. The molecule has 2 heteroatoms. The van der Waals surface area contributed by atoms with Crippen molar-refractivity contribution in [3.63, 3.8) is 0 Å². The predicted molar refractivity (Wildman–Crippen MR) is 64.6 cm³/mol. The molecule has 0 spiro atoms. The number of hydrogen-bond donors (Lipinski definition) is 1. The van der Waals surface area contributed by atoms with E-state index >= 15 is 0 Å². The molecular formula is C12H26N2. The van der Waals surface area contributed by atoms with E-state index in [-0.39, 0.29) is 0 Å². The third kappa shape index (κ3) is 7.10. The maximum Gasteiger partial charge on any atom is 0.0220 e. The first-order valence-corrected chi connectivity index (χ1v) is 5.45. The Labute approximate surface area is 89.4 Å². The van der Waals surface area contributed by atoms with Crippen LogP contribution >= 0.6 is 0 Å². The average molecular weight is 198 g/mol. The molecule has 0 aromatic rings. The van der Waals surface area contributed by atoms with Gasteiger partial charge in [0.2, 0.25) is 0 Å². The van der Waals surface area contributed by atoms with E-state index in [0.29, 0.717) is 12.0 Å². The summed E-state index contributed by atoms with van der Waals surface area (Å²) < 4.78 is 0. The highest BCUT2D eigenvalue weighted by atomic mass is 15.1. The van der Waals surface area contributed by atoms with E-state index in [9.17, 15) is 0 Å². The SMILES string of the molecule is CC(C)=CCNC(CN(C)C)C(C)C. The Hall–Kier alpha value is -0.340. The summed E-state index contributed by atoms with van der Waals surface area (Å²) in [5.41, 5.74) is 1.38. The highest BCUT2D eigenvalue weighted by Crippen LogP contribution is 2.02. The topological polar surface area (TPSA) is 15.3 Å². The zero-order valence-corrected chi connectivity index (χ0v) is 10.6. The van der Waals surface area contributed by atoms with Gasteiger partial charge in [-0.1, -0.05) is 25.5 Å². The van der Waals surface area contributed by atoms with Crippen LogP contribution in [0.3, 0.4) is 0 Å². The lowest BCUT2D eigenvalue weighted by Crippen LogP contribution is -2.42. The third-order valence-electron chi connectivity index (χ3n) is 2.26. The summed E-state index contributed by atoms with van der Waals surface area (Å²) in [7, 11) is 4.25. The van der Waals surface area contributed by atoms with Crippen LogP contribution in [0.5, 0.6) is 0 Å². The fourth-order valence-corrected chi connectivity index (χ4v) is 1.32. The summed E-state index contributed by atoms with van der Waals surface area (Å²) in [6, 6.07) is 0.584. The largest absolute Gasteiger partial charge is 0.309 e. The first kappa shape index (κ1) is 13.7. The third-order valence-corrected chi connectivity index (χ3v) is 2.26. The Morgan fingerprint density at radius 2 is 1.86 bits per heavy atom. The van der Waals surface area contributed by atoms with Gasteiger partial charge in [-0.2, -0.15) is 0 Å². The van der Waals surface area contributed by atoms with Gasteiger partial charge in [-0.05, 0) is 33.9 Å². The molecular weight excluding hydrogens is 172 g/mol. The highest BCUT2D eigenvalue weighted by Gasteiger charge is 2.12. The summed E-state index contributed by atoms with van der Waals surface area (Å²) in [4.78, 5) is 2.24. The van der Waals surface area contributed by atoms with Gasteiger partial charge in [0.05, 0.1) is 0 Å². The molecule has 1 N–H and O–H groups in total. The molecule has 2 nitrogen and oxygen atoms in total. The standard InChI is InChI=1S/C12H26N2/c1-10(2)7-8-13-12(11(3)4)9-14(5)6/h7,11-13H,8-9H2,1-6H3. The Kier molecular flexibility index (Phi) is 6.85. The van der Waals surface area contributed by atoms with Gasteiger partial charge in [-0.25, -0.2) is 0 Å². The second-order valence-corrected chi connectivity index (χ2v) is 4.80. The van der Waals surface area contributed by atoms with Crippen LogP contribution in [-0.2, 0) is 0 Å². The van der Waals surface area contributed by atoms with Gasteiger partial charge in [-0.15, -0.1) is 0 Å². The Morgan fingerprint density at radius 3 is 2.21 bits per heavy atom. The van der Waals surface area contributed by atoms with Crippen LogP contribution in [0.4, 0.5) is 0 Å². The molecule has 1 unspecified atom stereocenters. The maximum atomic E-state index is 3.56. The molecule has 0 aromatic heterocycles. The van der Waals surface area contributed by atoms with Crippen LogP contribution in [0, 0.1) is 5.92 Å². The van der Waals surface area contributed by atoms with E-state index in [1.165, 1.54) is 5.57 Å². The fourth-order valence-electron chi connectivity index (χ4n) is 1.32. The second-order valence-electron chi connectivity index (χ2n) is 4.80. The molecule has 0 bridgehead atoms. The molecule has 0 aliphatic carbocycles. The lowest BCUT2D eigenvalue weighted by molar-refractivity contribution is 0.295. The molecule has 0 saturated heterocycles. The monoisotopic (exact) mass is 198 g/mol. The van der Waals surface area contributed by atoms with Crippen molar-refractivity contribution in [2.75, 3.05) is 27.2 Å². The maximum absolute atomic E-state index is 3.56. The van der Waals surface area contributed by atoms with Crippen molar-refractivity contribution in [2.45, 2.75) is 33.7 Å². The molecule has 0 aliphatic rings. The van der Waals surface area contributed by atoms with Crippen molar-refractivity contribution < 1.29 is 0 Å². The summed E-state index contributed by atoms with van der Waals surface area (Å²) in [5, 5.41) is 3.56. The van der Waals surface area contributed by atoms with Crippen LogP contribution in [0.15, 0.2) is 11.6 Å². The van der Waals surface area contributed by atoms with E-state index in [2.05, 4.69) is 58.1 Å². The molecule has 0 saturated carbocycles. The quantitative estimate of drug-likeness (QED) is 0.658. The summed E-state index contributed by atoms with van der Waals surface area (Å²) in [5.74, 6) is 0.683. The number of hydrogen-bond acceptors (Lipinski definition) is 2. The van der Waals surface area contributed by atoms with Crippen molar-refractivity contribution in [3.05, 3.63) is 11.6 Å². The Bertz CT molecular complexity index is 167. The van der Waals surface area contributed by atoms with Crippen molar-refractivity contribution in [3.8, 4) is 0 Å². The van der Waals surface area contributed by atoms with Crippen molar-refractivity contribution in [2.24, 2.45) is 5.92 Å².